The number of rotatable bonds is 7. The molecule has 1 atom stereocenters. The lowest BCUT2D eigenvalue weighted by Gasteiger charge is -2.29. The van der Waals surface area contributed by atoms with E-state index in [-0.39, 0.29) is 11.9 Å². The maximum absolute atomic E-state index is 12.2. The van der Waals surface area contributed by atoms with E-state index in [0.29, 0.717) is 13.1 Å². The predicted octanol–water partition coefficient (Wildman–Crippen LogP) is 2.25. The molecule has 1 rings (SSSR count). The molecule has 1 unspecified atom stereocenters. The number of amides is 1. The standard InChI is InChI=1S/C15H24BrN3O/c1-4-19(5-2)15(20)11-18(3)14(10-17)12-6-8-13(16)9-7-12/h6-9,14H,4-5,10-11,17H2,1-3H3. The van der Waals surface area contributed by atoms with Gasteiger partial charge < -0.3 is 10.6 Å². The van der Waals surface area contributed by atoms with Gasteiger partial charge in [-0.3, -0.25) is 9.69 Å². The summed E-state index contributed by atoms with van der Waals surface area (Å²) in [5.41, 5.74) is 7.01. The lowest BCUT2D eigenvalue weighted by molar-refractivity contribution is -0.132. The van der Waals surface area contributed by atoms with E-state index >= 15 is 0 Å². The zero-order chi connectivity index (χ0) is 15.1. The first-order valence-corrected chi connectivity index (χ1v) is 7.76. The molecule has 2 N–H and O–H groups in total. The number of hydrogen-bond acceptors (Lipinski definition) is 3. The first-order valence-electron chi connectivity index (χ1n) is 6.97. The number of hydrogen-bond donors (Lipinski definition) is 1. The molecule has 1 amide bonds. The molecule has 0 saturated carbocycles. The van der Waals surface area contributed by atoms with Crippen molar-refractivity contribution in [2.24, 2.45) is 5.73 Å². The van der Waals surface area contributed by atoms with E-state index in [1.165, 1.54) is 0 Å². The monoisotopic (exact) mass is 341 g/mol. The van der Waals surface area contributed by atoms with Crippen molar-refractivity contribution < 1.29 is 4.79 Å². The highest BCUT2D eigenvalue weighted by molar-refractivity contribution is 9.10. The third-order valence-electron chi connectivity index (χ3n) is 3.51. The summed E-state index contributed by atoms with van der Waals surface area (Å²) in [6.45, 7) is 6.36. The van der Waals surface area contributed by atoms with E-state index in [0.717, 1.165) is 23.1 Å². The first kappa shape index (κ1) is 17.1. The van der Waals surface area contributed by atoms with Gasteiger partial charge in [-0.2, -0.15) is 0 Å². The predicted molar refractivity (Wildman–Crippen MR) is 86.5 cm³/mol. The van der Waals surface area contributed by atoms with Crippen LogP contribution in [0.3, 0.4) is 0 Å². The van der Waals surface area contributed by atoms with Gasteiger partial charge in [-0.25, -0.2) is 0 Å². The Kier molecular flexibility index (Phi) is 7.19. The number of carbonyl (C=O) groups is 1. The van der Waals surface area contributed by atoms with Crippen LogP contribution in [0, 0.1) is 0 Å². The zero-order valence-corrected chi connectivity index (χ0v) is 14.1. The Labute approximate surface area is 130 Å². The van der Waals surface area contributed by atoms with E-state index in [9.17, 15) is 4.79 Å². The molecule has 0 heterocycles. The van der Waals surface area contributed by atoms with Crippen LogP contribution in [0.5, 0.6) is 0 Å². The van der Waals surface area contributed by atoms with Gasteiger partial charge in [0.2, 0.25) is 5.91 Å². The Morgan fingerprint density at radius 2 is 1.80 bits per heavy atom. The second-order valence-electron chi connectivity index (χ2n) is 4.78. The quantitative estimate of drug-likeness (QED) is 0.827. The molecule has 5 heteroatoms. The van der Waals surface area contributed by atoms with Crippen LogP contribution in [0.2, 0.25) is 0 Å². The van der Waals surface area contributed by atoms with Crippen molar-refractivity contribution in [3.8, 4) is 0 Å². The maximum atomic E-state index is 12.2. The summed E-state index contributed by atoms with van der Waals surface area (Å²) in [7, 11) is 1.95. The molecule has 0 spiro atoms. The van der Waals surface area contributed by atoms with Gasteiger partial charge >= 0.3 is 0 Å². The summed E-state index contributed by atoms with van der Waals surface area (Å²) in [5.74, 6) is 0.146. The molecular weight excluding hydrogens is 318 g/mol. The van der Waals surface area contributed by atoms with Gasteiger partial charge in [-0.15, -0.1) is 0 Å². The number of likely N-dealkylation sites (N-methyl/N-ethyl adjacent to an activating group) is 2. The van der Waals surface area contributed by atoms with Gasteiger partial charge in [-0.1, -0.05) is 28.1 Å². The molecule has 0 bridgehead atoms. The molecule has 0 aromatic heterocycles. The first-order chi connectivity index (χ1) is 9.53. The van der Waals surface area contributed by atoms with Crippen LogP contribution in [-0.4, -0.2) is 48.9 Å². The van der Waals surface area contributed by atoms with Crippen LogP contribution in [0.25, 0.3) is 0 Å². The van der Waals surface area contributed by atoms with Gasteiger partial charge in [0.25, 0.3) is 0 Å². The van der Waals surface area contributed by atoms with Crippen LogP contribution in [0.15, 0.2) is 28.7 Å². The van der Waals surface area contributed by atoms with E-state index < -0.39 is 0 Å². The second kappa shape index (κ2) is 8.39. The molecule has 0 aliphatic carbocycles. The minimum Gasteiger partial charge on any atom is -0.342 e. The summed E-state index contributed by atoms with van der Waals surface area (Å²) in [6, 6.07) is 8.14. The van der Waals surface area contributed by atoms with Crippen molar-refractivity contribution >= 4 is 21.8 Å². The highest BCUT2D eigenvalue weighted by atomic mass is 79.9. The molecule has 20 heavy (non-hydrogen) atoms. The summed E-state index contributed by atoms with van der Waals surface area (Å²) < 4.78 is 1.04. The number of benzene rings is 1. The molecule has 4 nitrogen and oxygen atoms in total. The number of carbonyl (C=O) groups excluding carboxylic acids is 1. The fourth-order valence-electron chi connectivity index (χ4n) is 2.26. The van der Waals surface area contributed by atoms with Gasteiger partial charge in [0.15, 0.2) is 0 Å². The average Bonchev–Trinajstić information content (AvgIpc) is 2.43. The molecule has 0 aliphatic heterocycles. The van der Waals surface area contributed by atoms with Crippen LogP contribution < -0.4 is 5.73 Å². The molecular formula is C15H24BrN3O. The van der Waals surface area contributed by atoms with Crippen LogP contribution in [0.1, 0.15) is 25.5 Å². The van der Waals surface area contributed by atoms with E-state index in [2.05, 4.69) is 15.9 Å². The van der Waals surface area contributed by atoms with Crippen molar-refractivity contribution in [3.05, 3.63) is 34.3 Å². The van der Waals surface area contributed by atoms with Crippen LogP contribution in [0.4, 0.5) is 0 Å². The maximum Gasteiger partial charge on any atom is 0.236 e. The normalized spacial score (nSPS) is 12.5. The van der Waals surface area contributed by atoms with Crippen molar-refractivity contribution in [2.45, 2.75) is 19.9 Å². The van der Waals surface area contributed by atoms with Crippen molar-refractivity contribution in [2.75, 3.05) is 33.2 Å². The number of halogens is 1. The summed E-state index contributed by atoms with van der Waals surface area (Å²) in [4.78, 5) is 16.0. The van der Waals surface area contributed by atoms with Crippen molar-refractivity contribution in [3.63, 3.8) is 0 Å². The molecule has 0 radical (unpaired) electrons. The molecule has 1 aromatic rings. The van der Waals surface area contributed by atoms with Crippen molar-refractivity contribution in [1.29, 1.82) is 0 Å². The fraction of sp³-hybridized carbons (Fsp3) is 0.533. The molecule has 0 saturated heterocycles. The van der Waals surface area contributed by atoms with Gasteiger partial charge in [0.05, 0.1) is 6.54 Å². The average molecular weight is 342 g/mol. The molecule has 0 fully saturated rings. The molecule has 1 aromatic carbocycles. The molecule has 0 aliphatic rings. The Morgan fingerprint density at radius 3 is 2.25 bits per heavy atom. The van der Waals surface area contributed by atoms with Crippen molar-refractivity contribution in [1.82, 2.24) is 9.80 Å². The smallest absolute Gasteiger partial charge is 0.236 e. The minimum atomic E-state index is 0.0580. The highest BCUT2D eigenvalue weighted by Gasteiger charge is 2.19. The zero-order valence-electron chi connectivity index (χ0n) is 12.5. The largest absolute Gasteiger partial charge is 0.342 e. The highest BCUT2D eigenvalue weighted by Crippen LogP contribution is 2.20. The fourth-order valence-corrected chi connectivity index (χ4v) is 2.52. The number of nitrogens with two attached hydrogens (primary N) is 1. The Morgan fingerprint density at radius 1 is 1.25 bits per heavy atom. The second-order valence-corrected chi connectivity index (χ2v) is 5.70. The van der Waals surface area contributed by atoms with Gasteiger partial charge in [0, 0.05) is 30.1 Å². The topological polar surface area (TPSA) is 49.6 Å². The Balaban J connectivity index is 2.74. The van der Waals surface area contributed by atoms with Crippen LogP contribution in [-0.2, 0) is 4.79 Å². The Bertz CT molecular complexity index is 418. The molecule has 112 valence electrons. The van der Waals surface area contributed by atoms with E-state index in [1.807, 2.05) is 55.0 Å². The lowest BCUT2D eigenvalue weighted by Crippen LogP contribution is -2.41. The van der Waals surface area contributed by atoms with E-state index in [1.54, 1.807) is 0 Å². The van der Waals surface area contributed by atoms with Crippen LogP contribution >= 0.6 is 15.9 Å². The lowest BCUT2D eigenvalue weighted by atomic mass is 10.1. The summed E-state index contributed by atoms with van der Waals surface area (Å²) in [5, 5.41) is 0. The third kappa shape index (κ3) is 4.58. The minimum absolute atomic E-state index is 0.0580. The van der Waals surface area contributed by atoms with Gasteiger partial charge in [-0.05, 0) is 38.6 Å². The summed E-state index contributed by atoms with van der Waals surface area (Å²) in [6.07, 6.45) is 0. The summed E-state index contributed by atoms with van der Waals surface area (Å²) >= 11 is 3.43. The van der Waals surface area contributed by atoms with E-state index in [4.69, 9.17) is 5.73 Å². The SMILES string of the molecule is CCN(CC)C(=O)CN(C)C(CN)c1ccc(Br)cc1. The Hall–Kier alpha value is -0.910. The third-order valence-corrected chi connectivity index (χ3v) is 4.04. The van der Waals surface area contributed by atoms with Gasteiger partial charge in [0.1, 0.15) is 0 Å². The number of nitrogens with zero attached hydrogens (tertiary/aromatic N) is 2.